The molecule has 2 atom stereocenters. The second-order valence-corrected chi connectivity index (χ2v) is 9.20. The van der Waals surface area contributed by atoms with Gasteiger partial charge in [0.05, 0.1) is 18.4 Å². The first-order valence-corrected chi connectivity index (χ1v) is 11.5. The number of primary amides is 1. The smallest absolute Gasteiger partial charge is 0.424 e. The molecule has 14 heteroatoms. The largest absolute Gasteiger partial charge is 0.489 e. The standard InChI is InChI=1S/C25H20F4N6O4/c1-23(22(30)37)12-39-20-15(23)9-17(34-19(20)13-4-6-14(26)7-5-13)24(38,25(27,28)29)11-32-21(36)16-10-31-18-3-2-8-33-35(16)18/h2-10,38H,11-12H2,1H3,(H2,30,37)(H,32,36)/t23-,24-/m0/s1. The van der Waals surface area contributed by atoms with E-state index < -0.39 is 47.1 Å². The Morgan fingerprint density at radius 3 is 2.62 bits per heavy atom. The van der Waals surface area contributed by atoms with Crippen LogP contribution in [0.5, 0.6) is 5.75 Å². The second kappa shape index (κ2) is 9.01. The van der Waals surface area contributed by atoms with Gasteiger partial charge in [-0.25, -0.2) is 18.9 Å². The molecule has 0 bridgehead atoms. The summed E-state index contributed by atoms with van der Waals surface area (Å²) in [5.41, 5.74) is -0.593. The van der Waals surface area contributed by atoms with Crippen LogP contribution in [0.25, 0.3) is 16.9 Å². The zero-order valence-electron chi connectivity index (χ0n) is 20.2. The maximum absolute atomic E-state index is 14.5. The highest BCUT2D eigenvalue weighted by Gasteiger charge is 2.57. The van der Waals surface area contributed by atoms with Crippen LogP contribution in [-0.2, 0) is 15.8 Å². The summed E-state index contributed by atoms with van der Waals surface area (Å²) in [7, 11) is 0. The Hall–Kier alpha value is -4.59. The number of pyridine rings is 1. The summed E-state index contributed by atoms with van der Waals surface area (Å²) >= 11 is 0. The number of fused-ring (bicyclic) bond motifs is 2. The molecule has 0 radical (unpaired) electrons. The molecule has 39 heavy (non-hydrogen) atoms. The molecule has 5 rings (SSSR count). The number of benzene rings is 1. The van der Waals surface area contributed by atoms with E-state index in [1.165, 1.54) is 25.3 Å². The van der Waals surface area contributed by atoms with Gasteiger partial charge in [-0.2, -0.15) is 18.3 Å². The summed E-state index contributed by atoms with van der Waals surface area (Å²) in [6.45, 7) is -0.261. The number of hydrogen-bond acceptors (Lipinski definition) is 7. The Balaban J connectivity index is 1.61. The van der Waals surface area contributed by atoms with Crippen LogP contribution < -0.4 is 15.8 Å². The number of alkyl halides is 3. The highest BCUT2D eigenvalue weighted by Crippen LogP contribution is 2.47. The highest BCUT2D eigenvalue weighted by molar-refractivity contribution is 5.93. The van der Waals surface area contributed by atoms with E-state index in [0.29, 0.717) is 0 Å². The number of imidazole rings is 1. The quantitative estimate of drug-likeness (QED) is 0.316. The summed E-state index contributed by atoms with van der Waals surface area (Å²) in [6.07, 6.45) is -2.86. The van der Waals surface area contributed by atoms with Gasteiger partial charge in [-0.05, 0) is 49.4 Å². The van der Waals surface area contributed by atoms with Crippen molar-refractivity contribution in [3.05, 3.63) is 77.6 Å². The summed E-state index contributed by atoms with van der Waals surface area (Å²) in [5, 5.41) is 17.1. The van der Waals surface area contributed by atoms with Crippen molar-refractivity contribution in [2.75, 3.05) is 13.2 Å². The topological polar surface area (TPSA) is 145 Å². The Morgan fingerprint density at radius 2 is 1.95 bits per heavy atom. The van der Waals surface area contributed by atoms with Crippen molar-refractivity contribution in [1.82, 2.24) is 24.9 Å². The Bertz CT molecular complexity index is 1610. The fraction of sp³-hybridized carbons (Fsp3) is 0.240. The van der Waals surface area contributed by atoms with Crippen LogP contribution >= 0.6 is 0 Å². The minimum atomic E-state index is -5.35. The first kappa shape index (κ1) is 26.0. The monoisotopic (exact) mass is 544 g/mol. The van der Waals surface area contributed by atoms with E-state index in [4.69, 9.17) is 10.5 Å². The van der Waals surface area contributed by atoms with E-state index in [9.17, 15) is 32.3 Å². The molecule has 1 aliphatic heterocycles. The number of halogens is 4. The number of carbonyl (C=O) groups excluding carboxylic acids is 2. The van der Waals surface area contributed by atoms with Crippen molar-refractivity contribution in [2.45, 2.75) is 24.1 Å². The van der Waals surface area contributed by atoms with Gasteiger partial charge in [0.15, 0.2) is 5.65 Å². The van der Waals surface area contributed by atoms with Gasteiger partial charge < -0.3 is 20.9 Å². The second-order valence-electron chi connectivity index (χ2n) is 9.20. The number of amides is 2. The Morgan fingerprint density at radius 1 is 1.23 bits per heavy atom. The number of nitrogens with two attached hydrogens (primary N) is 1. The van der Waals surface area contributed by atoms with Gasteiger partial charge in [-0.15, -0.1) is 0 Å². The number of nitrogens with zero attached hydrogens (tertiary/aromatic N) is 4. The number of carbonyl (C=O) groups is 2. The van der Waals surface area contributed by atoms with Gasteiger partial charge in [0.1, 0.15) is 35.0 Å². The summed E-state index contributed by atoms with van der Waals surface area (Å²) in [6, 6.07) is 8.65. The van der Waals surface area contributed by atoms with E-state index in [1.54, 1.807) is 12.1 Å². The van der Waals surface area contributed by atoms with E-state index in [2.05, 4.69) is 20.4 Å². The molecule has 4 aromatic rings. The fourth-order valence-electron chi connectivity index (χ4n) is 4.22. The molecule has 0 saturated heterocycles. The van der Waals surface area contributed by atoms with Crippen LogP contribution in [0.4, 0.5) is 17.6 Å². The number of nitrogens with one attached hydrogen (secondary N) is 1. The zero-order valence-corrected chi connectivity index (χ0v) is 20.2. The highest BCUT2D eigenvalue weighted by atomic mass is 19.4. The van der Waals surface area contributed by atoms with Crippen LogP contribution in [0.1, 0.15) is 28.7 Å². The van der Waals surface area contributed by atoms with Gasteiger partial charge >= 0.3 is 6.18 Å². The third-order valence-electron chi connectivity index (χ3n) is 6.64. The molecule has 10 nitrogen and oxygen atoms in total. The number of hydrogen-bond donors (Lipinski definition) is 3. The van der Waals surface area contributed by atoms with Gasteiger partial charge in [0, 0.05) is 17.3 Å². The predicted molar refractivity (Wildman–Crippen MR) is 127 cm³/mol. The number of aliphatic hydroxyl groups is 1. The first-order chi connectivity index (χ1) is 18.3. The summed E-state index contributed by atoms with van der Waals surface area (Å²) < 4.78 is 63.8. The van der Waals surface area contributed by atoms with E-state index in [0.717, 1.165) is 28.9 Å². The van der Waals surface area contributed by atoms with Gasteiger partial charge in [0.25, 0.3) is 5.91 Å². The van der Waals surface area contributed by atoms with Crippen molar-refractivity contribution in [3.63, 3.8) is 0 Å². The van der Waals surface area contributed by atoms with Crippen molar-refractivity contribution in [3.8, 4) is 17.0 Å². The van der Waals surface area contributed by atoms with Crippen molar-refractivity contribution < 1.29 is 37.0 Å². The molecule has 0 unspecified atom stereocenters. The molecule has 0 saturated carbocycles. The summed E-state index contributed by atoms with van der Waals surface area (Å²) in [4.78, 5) is 33.1. The lowest BCUT2D eigenvalue weighted by molar-refractivity contribution is -0.265. The van der Waals surface area contributed by atoms with E-state index >= 15 is 0 Å². The van der Waals surface area contributed by atoms with Gasteiger partial charge in [0.2, 0.25) is 11.5 Å². The SMILES string of the molecule is C[C@]1(C(N)=O)COc2c1cc([C@@](O)(CNC(=O)c1cnc3cccnn13)C(F)(F)F)nc2-c1ccc(F)cc1. The minimum absolute atomic E-state index is 0.0305. The number of ether oxygens (including phenoxy) is 1. The Labute approximate surface area is 217 Å². The molecule has 4 heterocycles. The van der Waals surface area contributed by atoms with E-state index in [-0.39, 0.29) is 40.5 Å². The molecule has 202 valence electrons. The maximum Gasteiger partial charge on any atom is 0.424 e. The van der Waals surface area contributed by atoms with Crippen molar-refractivity contribution in [2.24, 2.45) is 5.73 Å². The number of aromatic nitrogens is 4. The van der Waals surface area contributed by atoms with Crippen molar-refractivity contribution in [1.29, 1.82) is 0 Å². The molecule has 3 aromatic heterocycles. The van der Waals surface area contributed by atoms with E-state index in [1.807, 2.05) is 0 Å². The molecular weight excluding hydrogens is 524 g/mol. The zero-order chi connectivity index (χ0) is 28.2. The molecule has 1 aliphatic rings. The van der Waals surface area contributed by atoms with Crippen LogP contribution in [-0.4, -0.2) is 55.8 Å². The number of rotatable bonds is 6. The third-order valence-corrected chi connectivity index (χ3v) is 6.64. The van der Waals surface area contributed by atoms with Crippen LogP contribution in [0.15, 0.2) is 54.9 Å². The third kappa shape index (κ3) is 4.22. The van der Waals surface area contributed by atoms with Gasteiger partial charge in [-0.1, -0.05) is 0 Å². The molecule has 0 aliphatic carbocycles. The predicted octanol–water partition coefficient (Wildman–Crippen LogP) is 2.25. The average Bonchev–Trinajstić information content (AvgIpc) is 3.49. The lowest BCUT2D eigenvalue weighted by atomic mass is 9.81. The van der Waals surface area contributed by atoms with Crippen LogP contribution in [0.2, 0.25) is 0 Å². The minimum Gasteiger partial charge on any atom is -0.489 e. The van der Waals surface area contributed by atoms with Crippen LogP contribution in [0, 0.1) is 5.82 Å². The fourth-order valence-corrected chi connectivity index (χ4v) is 4.22. The Kier molecular flexibility index (Phi) is 6.01. The lowest BCUT2D eigenvalue weighted by Gasteiger charge is -2.31. The summed E-state index contributed by atoms with van der Waals surface area (Å²) in [5.74, 6) is -2.51. The van der Waals surface area contributed by atoms with Crippen molar-refractivity contribution >= 4 is 17.5 Å². The van der Waals surface area contributed by atoms with Crippen LogP contribution in [0.3, 0.4) is 0 Å². The normalized spacial score (nSPS) is 18.3. The molecule has 4 N–H and O–H groups in total. The molecule has 0 fully saturated rings. The van der Waals surface area contributed by atoms with Gasteiger partial charge in [-0.3, -0.25) is 9.59 Å². The lowest BCUT2D eigenvalue weighted by Crippen LogP contribution is -2.52. The molecule has 1 aromatic carbocycles. The molecular formula is C25H20F4N6O4. The average molecular weight is 544 g/mol. The maximum atomic E-state index is 14.5. The first-order valence-electron chi connectivity index (χ1n) is 11.5. The molecule has 0 spiro atoms. The molecule has 2 amide bonds.